The summed E-state index contributed by atoms with van der Waals surface area (Å²) < 4.78 is 13.1. The fourth-order valence-corrected chi connectivity index (χ4v) is 6.23. The summed E-state index contributed by atoms with van der Waals surface area (Å²) in [7, 11) is 0. The number of fused-ring (bicyclic) bond motifs is 6. The third kappa shape index (κ3) is 4.62. The average Bonchev–Trinajstić information content (AvgIpc) is 3.28. The SMILES string of the molecule is CCCCN(CCCC)c1ccc2c(c1C)Oc1ccc(Nc3ccccc3Cl)cc1C21OC(=O)c2ccccc21. The number of nitrogens with one attached hydrogen (secondary N) is 1. The normalized spacial score (nSPS) is 16.4. The highest BCUT2D eigenvalue weighted by atomic mass is 35.5. The molecule has 4 aromatic carbocycles. The number of nitrogens with zero attached hydrogens (tertiary/aromatic N) is 1. The van der Waals surface area contributed by atoms with Crippen LogP contribution >= 0.6 is 11.6 Å². The van der Waals surface area contributed by atoms with Gasteiger partial charge in [0.2, 0.25) is 0 Å². The topological polar surface area (TPSA) is 50.8 Å². The van der Waals surface area contributed by atoms with Crippen LogP contribution in [0, 0.1) is 6.92 Å². The molecule has 1 unspecified atom stereocenters. The van der Waals surface area contributed by atoms with Crippen LogP contribution in [0.1, 0.15) is 72.1 Å². The Balaban J connectivity index is 1.52. The maximum Gasteiger partial charge on any atom is 0.340 e. The molecule has 0 aromatic heterocycles. The summed E-state index contributed by atoms with van der Waals surface area (Å²) >= 11 is 6.45. The molecule has 5 nitrogen and oxygen atoms in total. The number of benzene rings is 4. The Hall–Kier alpha value is -3.96. The van der Waals surface area contributed by atoms with E-state index in [1.807, 2.05) is 66.7 Å². The second-order valence-corrected chi connectivity index (χ2v) is 11.2. The van der Waals surface area contributed by atoms with Gasteiger partial charge in [0, 0.05) is 46.7 Å². The molecule has 0 saturated heterocycles. The number of hydrogen-bond donors (Lipinski definition) is 1. The monoisotopic (exact) mass is 566 g/mol. The quantitative estimate of drug-likeness (QED) is 0.204. The van der Waals surface area contributed by atoms with E-state index < -0.39 is 5.60 Å². The summed E-state index contributed by atoms with van der Waals surface area (Å²) in [5.41, 5.74) is 5.72. The number of carbonyl (C=O) groups excluding carboxylic acids is 1. The predicted molar refractivity (Wildman–Crippen MR) is 166 cm³/mol. The molecular weight excluding hydrogens is 532 g/mol. The molecular formula is C35H35ClN2O3. The van der Waals surface area contributed by atoms with Crippen LogP contribution in [-0.4, -0.2) is 19.1 Å². The molecule has 0 fully saturated rings. The zero-order chi connectivity index (χ0) is 28.6. The van der Waals surface area contributed by atoms with Crippen LogP contribution in [0.4, 0.5) is 17.1 Å². The molecule has 210 valence electrons. The van der Waals surface area contributed by atoms with Gasteiger partial charge in [-0.05, 0) is 68.3 Å². The van der Waals surface area contributed by atoms with E-state index in [1.165, 1.54) is 5.69 Å². The van der Waals surface area contributed by atoms with Crippen molar-refractivity contribution >= 4 is 34.6 Å². The van der Waals surface area contributed by atoms with E-state index in [0.29, 0.717) is 16.3 Å². The minimum absolute atomic E-state index is 0.335. The van der Waals surface area contributed by atoms with E-state index in [-0.39, 0.29) is 5.97 Å². The number of rotatable bonds is 9. The van der Waals surface area contributed by atoms with Gasteiger partial charge in [0.05, 0.1) is 16.3 Å². The molecule has 0 amide bonds. The second-order valence-electron chi connectivity index (χ2n) is 10.8. The average molecular weight is 567 g/mol. The molecule has 1 N–H and O–H groups in total. The first-order valence-corrected chi connectivity index (χ1v) is 14.9. The largest absolute Gasteiger partial charge is 0.456 e. The minimum Gasteiger partial charge on any atom is -0.456 e. The summed E-state index contributed by atoms with van der Waals surface area (Å²) in [5.74, 6) is 1.09. The van der Waals surface area contributed by atoms with Crippen molar-refractivity contribution in [2.75, 3.05) is 23.3 Å². The van der Waals surface area contributed by atoms with Gasteiger partial charge in [-0.2, -0.15) is 0 Å². The van der Waals surface area contributed by atoms with Gasteiger partial charge < -0.3 is 19.7 Å². The van der Waals surface area contributed by atoms with Crippen LogP contribution in [0.5, 0.6) is 11.5 Å². The van der Waals surface area contributed by atoms with E-state index in [4.69, 9.17) is 21.1 Å². The Kier molecular flexibility index (Phi) is 7.39. The number of hydrogen-bond acceptors (Lipinski definition) is 5. The smallest absolute Gasteiger partial charge is 0.340 e. The van der Waals surface area contributed by atoms with E-state index in [0.717, 1.165) is 78.2 Å². The molecule has 1 atom stereocenters. The summed E-state index contributed by atoms with van der Waals surface area (Å²) in [5, 5.41) is 4.05. The van der Waals surface area contributed by atoms with Crippen LogP contribution in [0.2, 0.25) is 5.02 Å². The van der Waals surface area contributed by atoms with E-state index in [2.05, 4.69) is 43.1 Å². The van der Waals surface area contributed by atoms with Crippen molar-refractivity contribution in [1.29, 1.82) is 0 Å². The van der Waals surface area contributed by atoms with Gasteiger partial charge in [0.1, 0.15) is 11.5 Å². The first-order chi connectivity index (χ1) is 20.0. The highest BCUT2D eigenvalue weighted by Gasteiger charge is 2.54. The fraction of sp³-hybridized carbons (Fsp3) is 0.286. The first-order valence-electron chi connectivity index (χ1n) is 14.5. The minimum atomic E-state index is -1.13. The van der Waals surface area contributed by atoms with Crippen molar-refractivity contribution in [3.05, 3.63) is 112 Å². The number of esters is 1. The zero-order valence-electron chi connectivity index (χ0n) is 23.8. The van der Waals surface area contributed by atoms with Crippen LogP contribution < -0.4 is 15.0 Å². The van der Waals surface area contributed by atoms with E-state index >= 15 is 0 Å². The van der Waals surface area contributed by atoms with Crippen LogP contribution in [0.15, 0.2) is 78.9 Å². The maximum atomic E-state index is 13.4. The molecule has 2 heterocycles. The van der Waals surface area contributed by atoms with Gasteiger partial charge in [-0.1, -0.05) is 68.6 Å². The lowest BCUT2D eigenvalue weighted by molar-refractivity contribution is 0.0224. The van der Waals surface area contributed by atoms with Crippen LogP contribution in [-0.2, 0) is 10.3 Å². The first kappa shape index (κ1) is 27.2. The Morgan fingerprint density at radius 2 is 1.59 bits per heavy atom. The molecule has 2 aliphatic rings. The van der Waals surface area contributed by atoms with Crippen molar-refractivity contribution in [3.63, 3.8) is 0 Å². The molecule has 0 aliphatic carbocycles. The number of unbranched alkanes of at least 4 members (excludes halogenated alkanes) is 2. The molecule has 0 saturated carbocycles. The number of carbonyl (C=O) groups is 1. The molecule has 0 bridgehead atoms. The van der Waals surface area contributed by atoms with E-state index in [9.17, 15) is 4.79 Å². The standard InChI is InChI=1S/C35H35ClN2O3/c1-4-6-20-38(21-7-5-2)31-18-17-27-33(23(31)3)40-32-19-16-24(37-30-15-11-10-14-29(30)36)22-28(32)35(27)26-13-9-8-12-25(26)34(39)41-35/h8-19,22,37H,4-7,20-21H2,1-3H3. The van der Waals surface area contributed by atoms with Gasteiger partial charge in [-0.3, -0.25) is 0 Å². The fourth-order valence-electron chi connectivity index (χ4n) is 6.05. The third-order valence-corrected chi connectivity index (χ3v) is 8.49. The van der Waals surface area contributed by atoms with Crippen molar-refractivity contribution in [1.82, 2.24) is 0 Å². The molecule has 4 aromatic rings. The Morgan fingerprint density at radius 1 is 0.854 bits per heavy atom. The van der Waals surface area contributed by atoms with Gasteiger partial charge >= 0.3 is 5.97 Å². The van der Waals surface area contributed by atoms with Crippen molar-refractivity contribution in [3.8, 4) is 11.5 Å². The number of anilines is 3. The van der Waals surface area contributed by atoms with E-state index in [1.54, 1.807) is 0 Å². The zero-order valence-corrected chi connectivity index (χ0v) is 24.6. The van der Waals surface area contributed by atoms with Crippen molar-refractivity contribution in [2.45, 2.75) is 52.1 Å². The molecule has 0 radical (unpaired) electrons. The highest BCUT2D eigenvalue weighted by molar-refractivity contribution is 6.33. The number of halogens is 1. The summed E-state index contributed by atoms with van der Waals surface area (Å²) in [4.78, 5) is 15.8. The Bertz CT molecular complexity index is 1610. The van der Waals surface area contributed by atoms with Gasteiger partial charge in [-0.15, -0.1) is 0 Å². The van der Waals surface area contributed by atoms with Crippen LogP contribution in [0.3, 0.4) is 0 Å². The van der Waals surface area contributed by atoms with Gasteiger partial charge in [0.25, 0.3) is 0 Å². The molecule has 1 spiro atoms. The summed E-state index contributed by atoms with van der Waals surface area (Å²) in [6.07, 6.45) is 4.52. The van der Waals surface area contributed by atoms with Gasteiger partial charge in [-0.25, -0.2) is 4.79 Å². The lowest BCUT2D eigenvalue weighted by atomic mass is 9.76. The maximum absolute atomic E-state index is 13.4. The Morgan fingerprint density at radius 3 is 2.34 bits per heavy atom. The predicted octanol–water partition coefficient (Wildman–Crippen LogP) is 9.37. The lowest BCUT2D eigenvalue weighted by Gasteiger charge is -2.38. The second kappa shape index (κ2) is 11.1. The van der Waals surface area contributed by atoms with Gasteiger partial charge in [0.15, 0.2) is 5.60 Å². The summed E-state index contributed by atoms with van der Waals surface area (Å²) in [6, 6.07) is 25.5. The van der Waals surface area contributed by atoms with Crippen LogP contribution in [0.25, 0.3) is 0 Å². The van der Waals surface area contributed by atoms with Crippen molar-refractivity contribution < 1.29 is 14.3 Å². The molecule has 6 heteroatoms. The molecule has 6 rings (SSSR count). The lowest BCUT2D eigenvalue weighted by Crippen LogP contribution is -2.34. The highest BCUT2D eigenvalue weighted by Crippen LogP contribution is 2.58. The molecule has 41 heavy (non-hydrogen) atoms. The number of para-hydroxylation sites is 1. The molecule has 2 aliphatic heterocycles. The van der Waals surface area contributed by atoms with Crippen molar-refractivity contribution in [2.24, 2.45) is 0 Å². The third-order valence-electron chi connectivity index (χ3n) is 8.16. The number of ether oxygens (including phenoxy) is 2. The Labute approximate surface area is 247 Å². The summed E-state index contributed by atoms with van der Waals surface area (Å²) in [6.45, 7) is 8.55.